The molecule has 1 aromatic rings. The number of hydrogen-bond donors (Lipinski definition) is 0. The highest BCUT2D eigenvalue weighted by molar-refractivity contribution is 6.32. The van der Waals surface area contributed by atoms with Crippen LogP contribution in [0.4, 0.5) is 18.9 Å². The van der Waals surface area contributed by atoms with Crippen LogP contribution in [0.2, 0.25) is 0 Å². The molecule has 6 nitrogen and oxygen atoms in total. The summed E-state index contributed by atoms with van der Waals surface area (Å²) in [7, 11) is 0.791. The van der Waals surface area contributed by atoms with Crippen LogP contribution < -0.4 is 5.01 Å². The van der Waals surface area contributed by atoms with Crippen LogP contribution in [0.15, 0.2) is 40.5 Å². The maximum Gasteiger partial charge on any atom is 0.424 e. The molecule has 0 spiro atoms. The number of esters is 1. The van der Waals surface area contributed by atoms with Crippen molar-refractivity contribution >= 4 is 23.3 Å². The summed E-state index contributed by atoms with van der Waals surface area (Å²) in [5.74, 6) is -2.77. The van der Waals surface area contributed by atoms with E-state index >= 15 is 0 Å². The standard InChI is InChI=1S/C15H10F3N3O3/c1-8-11(12(14(23)24-2)15(16,17)18)13(22)21(20-8)10-5-3-9(7-19)4-6-10/h3-6H,1-2H3/b12-11-. The zero-order valence-corrected chi connectivity index (χ0v) is 12.5. The van der Waals surface area contributed by atoms with Gasteiger partial charge in [-0.05, 0) is 31.2 Å². The van der Waals surface area contributed by atoms with Crippen LogP contribution in [-0.4, -0.2) is 30.9 Å². The molecule has 9 heteroatoms. The van der Waals surface area contributed by atoms with Gasteiger partial charge in [0.2, 0.25) is 0 Å². The van der Waals surface area contributed by atoms with Crippen molar-refractivity contribution in [3.8, 4) is 6.07 Å². The number of amides is 1. The van der Waals surface area contributed by atoms with Crippen LogP contribution in [0.3, 0.4) is 0 Å². The summed E-state index contributed by atoms with van der Waals surface area (Å²) in [6.07, 6.45) is -5.07. The molecule has 2 rings (SSSR count). The minimum absolute atomic E-state index is 0.166. The Morgan fingerprint density at radius 2 is 1.88 bits per heavy atom. The van der Waals surface area contributed by atoms with E-state index in [4.69, 9.17) is 5.26 Å². The number of anilines is 1. The average molecular weight is 337 g/mol. The monoisotopic (exact) mass is 337 g/mol. The SMILES string of the molecule is COC(=O)/C(=C1/C(=O)N(c2ccc(C#N)cc2)N=C1C)C(F)(F)F. The summed E-state index contributed by atoms with van der Waals surface area (Å²) in [5.41, 5.74) is -2.35. The van der Waals surface area contributed by atoms with Crippen LogP contribution in [0.25, 0.3) is 0 Å². The smallest absolute Gasteiger partial charge is 0.424 e. The summed E-state index contributed by atoms with van der Waals surface area (Å²) in [5, 5.41) is 13.3. The summed E-state index contributed by atoms with van der Waals surface area (Å²) < 4.78 is 43.6. The van der Waals surface area contributed by atoms with Crippen molar-refractivity contribution in [2.45, 2.75) is 13.1 Å². The van der Waals surface area contributed by atoms with E-state index in [1.807, 2.05) is 6.07 Å². The molecule has 0 fully saturated rings. The van der Waals surface area contributed by atoms with Gasteiger partial charge in [0, 0.05) is 0 Å². The average Bonchev–Trinajstić information content (AvgIpc) is 2.82. The lowest BCUT2D eigenvalue weighted by Gasteiger charge is -2.14. The number of carbonyl (C=O) groups is 2. The molecule has 0 bridgehead atoms. The Hall–Kier alpha value is -3.15. The number of hydrogen-bond acceptors (Lipinski definition) is 5. The summed E-state index contributed by atoms with van der Waals surface area (Å²) in [6, 6.07) is 7.38. The van der Waals surface area contributed by atoms with Gasteiger partial charge in [-0.2, -0.15) is 28.5 Å². The lowest BCUT2D eigenvalue weighted by atomic mass is 10.0. The van der Waals surface area contributed by atoms with Gasteiger partial charge in [0.1, 0.15) is 0 Å². The zero-order chi connectivity index (χ0) is 18.1. The Kier molecular flexibility index (Phi) is 4.41. The van der Waals surface area contributed by atoms with E-state index in [-0.39, 0.29) is 11.4 Å². The Morgan fingerprint density at radius 3 is 2.33 bits per heavy atom. The molecule has 0 N–H and O–H groups in total. The van der Waals surface area contributed by atoms with Crippen molar-refractivity contribution in [2.24, 2.45) is 5.10 Å². The van der Waals surface area contributed by atoms with E-state index in [9.17, 15) is 22.8 Å². The van der Waals surface area contributed by atoms with Crippen LogP contribution in [0, 0.1) is 11.3 Å². The van der Waals surface area contributed by atoms with E-state index in [0.717, 1.165) is 12.1 Å². The topological polar surface area (TPSA) is 82.8 Å². The Bertz CT molecular complexity index is 802. The number of hydrazone groups is 1. The Morgan fingerprint density at radius 1 is 1.29 bits per heavy atom. The summed E-state index contributed by atoms with van der Waals surface area (Å²) in [6.45, 7) is 1.19. The molecule has 0 aromatic heterocycles. The fraction of sp³-hybridized carbons (Fsp3) is 0.200. The van der Waals surface area contributed by atoms with Crippen molar-refractivity contribution in [1.29, 1.82) is 5.26 Å². The highest BCUT2D eigenvalue weighted by atomic mass is 19.4. The highest BCUT2D eigenvalue weighted by Gasteiger charge is 2.47. The van der Waals surface area contributed by atoms with Crippen LogP contribution in [-0.2, 0) is 14.3 Å². The van der Waals surface area contributed by atoms with E-state index in [1.165, 1.54) is 31.2 Å². The van der Waals surface area contributed by atoms with E-state index in [0.29, 0.717) is 5.56 Å². The highest BCUT2D eigenvalue weighted by Crippen LogP contribution is 2.34. The van der Waals surface area contributed by atoms with Gasteiger partial charge >= 0.3 is 12.1 Å². The van der Waals surface area contributed by atoms with E-state index in [2.05, 4.69) is 9.84 Å². The number of rotatable bonds is 2. The van der Waals surface area contributed by atoms with Crippen molar-refractivity contribution in [2.75, 3.05) is 12.1 Å². The molecule has 0 atom stereocenters. The van der Waals surface area contributed by atoms with Crippen molar-refractivity contribution in [3.63, 3.8) is 0 Å². The van der Waals surface area contributed by atoms with Gasteiger partial charge < -0.3 is 4.74 Å². The van der Waals surface area contributed by atoms with Crippen molar-refractivity contribution < 1.29 is 27.5 Å². The van der Waals surface area contributed by atoms with Crippen molar-refractivity contribution in [3.05, 3.63) is 41.0 Å². The number of nitriles is 1. The van der Waals surface area contributed by atoms with E-state index < -0.39 is 29.2 Å². The first-order valence-electron chi connectivity index (χ1n) is 6.50. The molecule has 0 saturated heterocycles. The number of alkyl halides is 3. The predicted octanol–water partition coefficient (Wildman–Crippen LogP) is 2.31. The third-order valence-electron chi connectivity index (χ3n) is 3.18. The second-order valence-electron chi connectivity index (χ2n) is 4.70. The molecule has 0 saturated carbocycles. The first kappa shape index (κ1) is 17.2. The summed E-state index contributed by atoms with van der Waals surface area (Å²) >= 11 is 0. The second kappa shape index (κ2) is 6.16. The second-order valence-corrected chi connectivity index (χ2v) is 4.70. The molecule has 0 radical (unpaired) electrons. The molecule has 1 aliphatic rings. The normalized spacial score (nSPS) is 16.6. The number of nitrogens with zero attached hydrogens (tertiary/aromatic N) is 3. The molecule has 24 heavy (non-hydrogen) atoms. The molecule has 1 aromatic carbocycles. The molecule has 124 valence electrons. The van der Waals surface area contributed by atoms with E-state index in [1.54, 1.807) is 0 Å². The molecule has 0 aliphatic carbocycles. The number of ether oxygens (including phenoxy) is 1. The molecular formula is C15H10F3N3O3. The third kappa shape index (κ3) is 2.99. The number of halogens is 3. The van der Waals surface area contributed by atoms with Crippen LogP contribution in [0.5, 0.6) is 0 Å². The zero-order valence-electron chi connectivity index (χ0n) is 12.5. The lowest BCUT2D eigenvalue weighted by molar-refractivity contribution is -0.148. The molecule has 0 unspecified atom stereocenters. The first-order valence-corrected chi connectivity index (χ1v) is 6.50. The minimum atomic E-state index is -5.07. The first-order chi connectivity index (χ1) is 11.2. The fourth-order valence-electron chi connectivity index (χ4n) is 2.11. The molecule has 1 aliphatic heterocycles. The van der Waals surface area contributed by atoms with Crippen LogP contribution >= 0.6 is 0 Å². The van der Waals surface area contributed by atoms with Gasteiger partial charge in [0.25, 0.3) is 5.91 Å². The lowest BCUT2D eigenvalue weighted by Crippen LogP contribution is -2.29. The largest absolute Gasteiger partial charge is 0.465 e. The Labute approximate surface area is 134 Å². The van der Waals surface area contributed by atoms with Crippen LogP contribution in [0.1, 0.15) is 12.5 Å². The van der Waals surface area contributed by atoms with Gasteiger partial charge in [0.15, 0.2) is 5.57 Å². The maximum atomic E-state index is 13.2. The Balaban J connectivity index is 2.54. The van der Waals surface area contributed by atoms with Gasteiger partial charge in [0.05, 0.1) is 35.7 Å². The predicted molar refractivity (Wildman–Crippen MR) is 76.8 cm³/mol. The fourth-order valence-corrected chi connectivity index (χ4v) is 2.11. The van der Waals surface area contributed by atoms with Gasteiger partial charge in [-0.3, -0.25) is 4.79 Å². The third-order valence-corrected chi connectivity index (χ3v) is 3.18. The molecule has 1 heterocycles. The summed E-state index contributed by atoms with van der Waals surface area (Å²) in [4.78, 5) is 23.9. The van der Waals surface area contributed by atoms with Crippen molar-refractivity contribution in [1.82, 2.24) is 0 Å². The molecular weight excluding hydrogens is 327 g/mol. The molecule has 1 amide bonds. The number of carbonyl (C=O) groups excluding carboxylic acids is 2. The maximum absolute atomic E-state index is 13.2. The van der Waals surface area contributed by atoms with Gasteiger partial charge in [-0.15, -0.1) is 0 Å². The van der Waals surface area contributed by atoms with Gasteiger partial charge in [-0.25, -0.2) is 4.79 Å². The number of methoxy groups -OCH3 is 1. The van der Waals surface area contributed by atoms with Gasteiger partial charge in [-0.1, -0.05) is 0 Å². The quantitative estimate of drug-likeness (QED) is 0.612. The minimum Gasteiger partial charge on any atom is -0.465 e. The number of benzene rings is 1.